The molecular formula is C46H28N4O. The third kappa shape index (κ3) is 4.15. The molecule has 11 rings (SSSR count). The lowest BCUT2D eigenvalue weighted by Crippen LogP contribution is -2.05. The van der Waals surface area contributed by atoms with Crippen molar-refractivity contribution < 1.29 is 4.42 Å². The van der Waals surface area contributed by atoms with E-state index in [0.717, 1.165) is 83.0 Å². The van der Waals surface area contributed by atoms with Crippen LogP contribution in [0, 0.1) is 0 Å². The van der Waals surface area contributed by atoms with Crippen LogP contribution >= 0.6 is 0 Å². The number of hydrogen-bond acceptors (Lipinski definition) is 3. The van der Waals surface area contributed by atoms with Gasteiger partial charge in [0.2, 0.25) is 5.95 Å². The lowest BCUT2D eigenvalue weighted by molar-refractivity contribution is 0.669. The van der Waals surface area contributed by atoms with Crippen LogP contribution in [0.5, 0.6) is 0 Å². The van der Waals surface area contributed by atoms with Gasteiger partial charge in [0.05, 0.1) is 33.5 Å². The third-order valence-electron chi connectivity index (χ3n) is 10.1. The summed E-state index contributed by atoms with van der Waals surface area (Å²) in [7, 11) is 0. The Kier molecular flexibility index (Phi) is 5.89. The normalized spacial score (nSPS) is 11.9. The monoisotopic (exact) mass is 652 g/mol. The van der Waals surface area contributed by atoms with Gasteiger partial charge in [-0.15, -0.1) is 0 Å². The summed E-state index contributed by atoms with van der Waals surface area (Å²) in [6.45, 7) is 0. The van der Waals surface area contributed by atoms with Crippen molar-refractivity contribution in [2.45, 2.75) is 0 Å². The molecule has 0 aliphatic heterocycles. The molecule has 7 aromatic carbocycles. The molecular weight excluding hydrogens is 625 g/mol. The molecule has 0 radical (unpaired) electrons. The van der Waals surface area contributed by atoms with Crippen molar-refractivity contribution in [3.8, 4) is 34.2 Å². The van der Waals surface area contributed by atoms with Crippen LogP contribution in [-0.4, -0.2) is 19.1 Å². The number of rotatable bonds is 4. The van der Waals surface area contributed by atoms with Crippen molar-refractivity contribution in [1.82, 2.24) is 19.1 Å². The molecule has 0 fully saturated rings. The summed E-state index contributed by atoms with van der Waals surface area (Å²) in [5, 5.41) is 6.79. The predicted octanol–water partition coefficient (Wildman–Crippen LogP) is 11.9. The topological polar surface area (TPSA) is 48.8 Å². The van der Waals surface area contributed by atoms with Crippen LogP contribution in [0.25, 0.3) is 99.7 Å². The van der Waals surface area contributed by atoms with Crippen LogP contribution < -0.4 is 0 Å². The summed E-state index contributed by atoms with van der Waals surface area (Å²) in [4.78, 5) is 10.7. The number of hydrogen-bond donors (Lipinski definition) is 0. The minimum Gasteiger partial charge on any atom is -0.456 e. The lowest BCUT2D eigenvalue weighted by atomic mass is 10.1. The van der Waals surface area contributed by atoms with E-state index in [1.165, 1.54) is 10.8 Å². The van der Waals surface area contributed by atoms with Crippen molar-refractivity contribution in [3.63, 3.8) is 0 Å². The Hall–Kier alpha value is -6.98. The fourth-order valence-corrected chi connectivity index (χ4v) is 7.87. The van der Waals surface area contributed by atoms with E-state index < -0.39 is 0 Å². The van der Waals surface area contributed by atoms with Gasteiger partial charge in [0.25, 0.3) is 0 Å². The summed E-state index contributed by atoms with van der Waals surface area (Å²) in [6.07, 6.45) is 0. The van der Waals surface area contributed by atoms with E-state index in [1.54, 1.807) is 0 Å². The number of aromatic nitrogens is 4. The van der Waals surface area contributed by atoms with Gasteiger partial charge in [-0.25, -0.2) is 9.97 Å². The third-order valence-corrected chi connectivity index (χ3v) is 10.1. The van der Waals surface area contributed by atoms with E-state index in [4.69, 9.17) is 14.4 Å². The number of para-hydroxylation sites is 3. The van der Waals surface area contributed by atoms with Crippen molar-refractivity contribution in [2.75, 3.05) is 0 Å². The van der Waals surface area contributed by atoms with Crippen LogP contribution in [0.1, 0.15) is 0 Å². The zero-order valence-corrected chi connectivity index (χ0v) is 27.4. The Balaban J connectivity index is 1.36. The van der Waals surface area contributed by atoms with Gasteiger partial charge in [-0.3, -0.25) is 4.57 Å². The molecule has 0 saturated carbocycles. The second kappa shape index (κ2) is 10.8. The first-order chi connectivity index (χ1) is 25.3. The maximum absolute atomic E-state index is 6.50. The zero-order valence-electron chi connectivity index (χ0n) is 27.4. The molecule has 0 aliphatic rings. The first-order valence-electron chi connectivity index (χ1n) is 17.2. The van der Waals surface area contributed by atoms with Crippen molar-refractivity contribution in [1.29, 1.82) is 0 Å². The molecule has 5 nitrogen and oxygen atoms in total. The summed E-state index contributed by atoms with van der Waals surface area (Å²) < 4.78 is 11.2. The summed E-state index contributed by atoms with van der Waals surface area (Å²) >= 11 is 0. The average molecular weight is 653 g/mol. The van der Waals surface area contributed by atoms with E-state index in [0.29, 0.717) is 5.95 Å². The quantitative estimate of drug-likeness (QED) is 0.190. The fraction of sp³-hybridized carbons (Fsp3) is 0. The van der Waals surface area contributed by atoms with Gasteiger partial charge in [-0.1, -0.05) is 127 Å². The SMILES string of the molecule is c1ccc(-c2cc(-c3ccccc3)nc(-n3c4cc5oc6ccccc6c5cc4c4ccc5c6ccccc6n(-c6ccccc6)c5c43)n2)cc1. The average Bonchev–Trinajstić information content (AvgIpc) is 3.85. The second-order valence-electron chi connectivity index (χ2n) is 13.0. The first kappa shape index (κ1) is 27.9. The van der Waals surface area contributed by atoms with E-state index in [1.807, 2.05) is 24.3 Å². The first-order valence-corrected chi connectivity index (χ1v) is 17.2. The maximum atomic E-state index is 6.50. The molecule has 11 aromatic rings. The number of nitrogens with zero attached hydrogens (tertiary/aromatic N) is 4. The number of benzene rings is 7. The standard InChI is InChI=1S/C46H28N4O/c1-4-14-29(15-5-1)38-27-39(30-16-6-2-7-17-30)48-46(47-38)50-41-28-43-37(33-21-11-13-23-42(33)51-43)26-36(41)35-25-24-34-32-20-10-12-22-40(32)49(44(34)45(35)50)31-18-8-3-9-19-31/h1-28H. The molecule has 0 saturated heterocycles. The summed E-state index contributed by atoms with van der Waals surface area (Å²) in [6, 6.07) is 59.4. The molecule has 0 N–H and O–H groups in total. The highest BCUT2D eigenvalue weighted by Crippen LogP contribution is 2.43. The molecule has 0 bridgehead atoms. The van der Waals surface area contributed by atoms with Crippen LogP contribution in [0.3, 0.4) is 0 Å². The molecule has 4 aromatic heterocycles. The van der Waals surface area contributed by atoms with Gasteiger partial charge in [0.15, 0.2) is 0 Å². The highest BCUT2D eigenvalue weighted by Gasteiger charge is 2.24. The van der Waals surface area contributed by atoms with E-state index in [-0.39, 0.29) is 0 Å². The second-order valence-corrected chi connectivity index (χ2v) is 13.0. The van der Waals surface area contributed by atoms with Crippen LogP contribution in [0.15, 0.2) is 174 Å². The van der Waals surface area contributed by atoms with Crippen molar-refractivity contribution in [2.24, 2.45) is 0 Å². The number of fused-ring (bicyclic) bond motifs is 10. The molecule has 0 unspecified atom stereocenters. The molecule has 238 valence electrons. The molecule has 0 aliphatic carbocycles. The maximum Gasteiger partial charge on any atom is 0.235 e. The van der Waals surface area contributed by atoms with E-state index in [9.17, 15) is 0 Å². The van der Waals surface area contributed by atoms with Crippen LogP contribution in [0.4, 0.5) is 0 Å². The van der Waals surface area contributed by atoms with Gasteiger partial charge in [-0.2, -0.15) is 0 Å². The predicted molar refractivity (Wildman–Crippen MR) is 209 cm³/mol. The Morgan fingerprint density at radius 2 is 0.941 bits per heavy atom. The van der Waals surface area contributed by atoms with Gasteiger partial charge in [0.1, 0.15) is 11.2 Å². The highest BCUT2D eigenvalue weighted by molar-refractivity contribution is 6.25. The molecule has 0 amide bonds. The van der Waals surface area contributed by atoms with E-state index in [2.05, 4.69) is 155 Å². The highest BCUT2D eigenvalue weighted by atomic mass is 16.3. The lowest BCUT2D eigenvalue weighted by Gasteiger charge is -2.13. The molecule has 51 heavy (non-hydrogen) atoms. The molecule has 0 atom stereocenters. The van der Waals surface area contributed by atoms with E-state index >= 15 is 0 Å². The Bertz CT molecular complexity index is 3060. The summed E-state index contributed by atoms with van der Waals surface area (Å²) in [5.74, 6) is 0.600. The minimum absolute atomic E-state index is 0.600. The smallest absolute Gasteiger partial charge is 0.235 e. The largest absolute Gasteiger partial charge is 0.456 e. The molecule has 5 heteroatoms. The van der Waals surface area contributed by atoms with Gasteiger partial charge < -0.3 is 8.98 Å². The Labute approximate surface area is 292 Å². The van der Waals surface area contributed by atoms with Gasteiger partial charge >= 0.3 is 0 Å². The Morgan fingerprint density at radius 1 is 0.373 bits per heavy atom. The van der Waals surface area contributed by atoms with Crippen LogP contribution in [0.2, 0.25) is 0 Å². The minimum atomic E-state index is 0.600. The molecule has 0 spiro atoms. The Morgan fingerprint density at radius 3 is 1.65 bits per heavy atom. The van der Waals surface area contributed by atoms with Crippen molar-refractivity contribution >= 4 is 65.6 Å². The summed E-state index contributed by atoms with van der Waals surface area (Å²) in [5.41, 5.74) is 10.8. The fourth-order valence-electron chi connectivity index (χ4n) is 7.87. The molecule has 4 heterocycles. The van der Waals surface area contributed by atoms with Gasteiger partial charge in [0, 0.05) is 55.2 Å². The number of furan rings is 1. The zero-order chi connectivity index (χ0) is 33.5. The van der Waals surface area contributed by atoms with Crippen molar-refractivity contribution in [3.05, 3.63) is 170 Å². The van der Waals surface area contributed by atoms with Gasteiger partial charge in [-0.05, 0) is 36.4 Å². The van der Waals surface area contributed by atoms with Crippen LogP contribution in [-0.2, 0) is 0 Å².